The molecule has 0 heterocycles. The zero-order valence-corrected chi connectivity index (χ0v) is 20.1. The lowest BCUT2D eigenvalue weighted by Crippen LogP contribution is -2.11. The number of carboxylic acids is 2. The Balaban J connectivity index is 0.000000497. The molecular formula is C22H28Cl2O11. The number of rotatable bonds is 12. The van der Waals surface area contributed by atoms with Gasteiger partial charge >= 0.3 is 11.9 Å². The van der Waals surface area contributed by atoms with Gasteiger partial charge in [-0.25, -0.2) is 9.59 Å². The molecule has 196 valence electrons. The molecule has 0 aliphatic carbocycles. The van der Waals surface area contributed by atoms with E-state index in [1.165, 1.54) is 36.4 Å². The number of aromatic carboxylic acids is 2. The van der Waals surface area contributed by atoms with Gasteiger partial charge in [-0.05, 0) is 36.4 Å². The maximum atomic E-state index is 10.3. The minimum Gasteiger partial charge on any atom is -0.507 e. The molecule has 0 aromatic heterocycles. The Labute approximate surface area is 211 Å². The lowest BCUT2D eigenvalue weighted by Gasteiger charge is -2.04. The molecule has 2 aromatic rings. The molecule has 0 fully saturated rings. The molecule has 0 saturated heterocycles. The van der Waals surface area contributed by atoms with Gasteiger partial charge in [-0.15, -0.1) is 0 Å². The Bertz CT molecular complexity index is 822. The fourth-order valence-electron chi connectivity index (χ4n) is 2.04. The number of ether oxygens (including phenoxy) is 3. The summed E-state index contributed by atoms with van der Waals surface area (Å²) in [6, 6.07) is 7.69. The number of aromatic hydroxyl groups is 2. The maximum absolute atomic E-state index is 10.3. The van der Waals surface area contributed by atoms with E-state index in [1.54, 1.807) is 0 Å². The van der Waals surface area contributed by atoms with Gasteiger partial charge in [0.2, 0.25) is 0 Å². The molecule has 2 aromatic carbocycles. The highest BCUT2D eigenvalue weighted by molar-refractivity contribution is 6.31. The van der Waals surface area contributed by atoms with Crippen LogP contribution in [-0.2, 0) is 14.2 Å². The monoisotopic (exact) mass is 538 g/mol. The van der Waals surface area contributed by atoms with E-state index in [2.05, 4.69) is 0 Å². The molecule has 0 atom stereocenters. The first-order valence-corrected chi connectivity index (χ1v) is 10.8. The van der Waals surface area contributed by atoms with Gasteiger partial charge in [-0.2, -0.15) is 0 Å². The average molecular weight is 539 g/mol. The fraction of sp³-hybridized carbons (Fsp3) is 0.364. The van der Waals surface area contributed by atoms with E-state index in [4.69, 9.17) is 68.1 Å². The molecule has 35 heavy (non-hydrogen) atoms. The van der Waals surface area contributed by atoms with Crippen molar-refractivity contribution in [1.29, 1.82) is 0 Å². The summed E-state index contributed by atoms with van der Waals surface area (Å²) in [6.07, 6.45) is 0. The molecule has 13 heteroatoms. The van der Waals surface area contributed by atoms with E-state index in [9.17, 15) is 9.59 Å². The summed E-state index contributed by atoms with van der Waals surface area (Å²) >= 11 is 10.9. The summed E-state index contributed by atoms with van der Waals surface area (Å²) < 4.78 is 15.0. The quantitative estimate of drug-likeness (QED) is 0.218. The van der Waals surface area contributed by atoms with Gasteiger partial charge in [0, 0.05) is 10.0 Å². The second-order valence-corrected chi connectivity index (χ2v) is 7.09. The lowest BCUT2D eigenvalue weighted by molar-refractivity contribution is 0.00230. The van der Waals surface area contributed by atoms with E-state index in [-0.39, 0.29) is 35.8 Å². The van der Waals surface area contributed by atoms with Crippen molar-refractivity contribution in [2.75, 3.05) is 52.9 Å². The zero-order valence-electron chi connectivity index (χ0n) is 18.6. The first-order chi connectivity index (χ1) is 16.6. The predicted octanol–water partition coefficient (Wildman–Crippen LogP) is 2.51. The first-order valence-electron chi connectivity index (χ1n) is 10.0. The normalized spacial score (nSPS) is 9.94. The van der Waals surface area contributed by atoms with Crippen molar-refractivity contribution in [1.82, 2.24) is 0 Å². The molecule has 0 bridgehead atoms. The summed E-state index contributed by atoms with van der Waals surface area (Å²) in [5.41, 5.74) is -0.288. The first kappa shape index (κ1) is 32.4. The van der Waals surface area contributed by atoms with Crippen molar-refractivity contribution in [2.24, 2.45) is 0 Å². The van der Waals surface area contributed by atoms with Crippen LogP contribution >= 0.6 is 23.2 Å². The summed E-state index contributed by atoms with van der Waals surface area (Å²) in [7, 11) is 0. The number of carboxylic acid groups (broad SMARTS) is 2. The van der Waals surface area contributed by atoms with Crippen LogP contribution in [0.3, 0.4) is 0 Å². The highest BCUT2D eigenvalue weighted by atomic mass is 35.5. The van der Waals surface area contributed by atoms with Crippen LogP contribution in [0.5, 0.6) is 11.5 Å². The van der Waals surface area contributed by atoms with E-state index in [0.717, 1.165) is 0 Å². The van der Waals surface area contributed by atoms with E-state index < -0.39 is 11.9 Å². The number of aliphatic hydroxyl groups is 2. The predicted molar refractivity (Wildman–Crippen MR) is 127 cm³/mol. The van der Waals surface area contributed by atoms with E-state index >= 15 is 0 Å². The van der Waals surface area contributed by atoms with Gasteiger partial charge in [0.1, 0.15) is 22.6 Å². The summed E-state index contributed by atoms with van der Waals surface area (Å²) in [6.45, 7) is 2.76. The number of phenols is 2. The van der Waals surface area contributed by atoms with Crippen molar-refractivity contribution in [3.8, 4) is 11.5 Å². The number of benzene rings is 2. The highest BCUT2D eigenvalue weighted by Crippen LogP contribution is 2.22. The van der Waals surface area contributed by atoms with Gasteiger partial charge in [0.15, 0.2) is 0 Å². The largest absolute Gasteiger partial charge is 0.507 e. The van der Waals surface area contributed by atoms with Crippen molar-refractivity contribution < 1.29 is 54.4 Å². The van der Waals surface area contributed by atoms with Crippen LogP contribution in [0.2, 0.25) is 10.0 Å². The third-order valence-corrected chi connectivity index (χ3v) is 4.07. The summed E-state index contributed by atoms with van der Waals surface area (Å²) in [5.74, 6) is -2.96. The molecule has 6 N–H and O–H groups in total. The van der Waals surface area contributed by atoms with Crippen molar-refractivity contribution >= 4 is 35.1 Å². The third kappa shape index (κ3) is 15.8. The number of hydrogen-bond acceptors (Lipinski definition) is 9. The van der Waals surface area contributed by atoms with Gasteiger partial charge in [0.25, 0.3) is 0 Å². The van der Waals surface area contributed by atoms with Crippen molar-refractivity contribution in [2.45, 2.75) is 0 Å². The molecule has 0 saturated carbocycles. The molecule has 0 aliphatic heterocycles. The molecule has 0 unspecified atom stereocenters. The van der Waals surface area contributed by atoms with Crippen LogP contribution in [0.1, 0.15) is 20.7 Å². The number of aliphatic hydroxyl groups excluding tert-OH is 2. The van der Waals surface area contributed by atoms with Gasteiger partial charge in [0.05, 0.1) is 52.9 Å². The minimum absolute atomic E-state index is 0.0413. The molecule has 0 radical (unpaired) electrons. The van der Waals surface area contributed by atoms with E-state index in [1.807, 2.05) is 0 Å². The minimum atomic E-state index is -1.17. The molecule has 0 spiro atoms. The van der Waals surface area contributed by atoms with Gasteiger partial charge in [-0.3, -0.25) is 0 Å². The molecule has 0 amide bonds. The van der Waals surface area contributed by atoms with Gasteiger partial charge < -0.3 is 44.8 Å². The van der Waals surface area contributed by atoms with Crippen LogP contribution in [0, 0.1) is 0 Å². The van der Waals surface area contributed by atoms with Crippen LogP contribution < -0.4 is 0 Å². The highest BCUT2D eigenvalue weighted by Gasteiger charge is 2.09. The van der Waals surface area contributed by atoms with Crippen LogP contribution in [0.4, 0.5) is 0 Å². The fourth-order valence-corrected chi connectivity index (χ4v) is 2.37. The second kappa shape index (κ2) is 19.6. The average Bonchev–Trinajstić information content (AvgIpc) is 2.78. The Hall–Kier alpha value is -2.64. The SMILES string of the molecule is O=C(O)c1ccc(Cl)cc1O.O=C(O)c1ccc(Cl)cc1O.OCCOCCOCCOCCO. The lowest BCUT2D eigenvalue weighted by atomic mass is 10.2. The number of halogens is 2. The Kier molecular flexibility index (Phi) is 18.2. The number of carbonyl (C=O) groups is 2. The molecular weight excluding hydrogens is 511 g/mol. The molecule has 0 aliphatic rings. The smallest absolute Gasteiger partial charge is 0.339 e. The standard InChI is InChI=1S/C8H18O5.2C7H5ClO3/c9-1-3-11-5-7-13-8-6-12-4-2-10;2*8-4-1-2-5(7(10)11)6(9)3-4/h9-10H,1-8H2;2*1-3,9H,(H,10,11). The van der Waals surface area contributed by atoms with Crippen LogP contribution in [0.25, 0.3) is 0 Å². The van der Waals surface area contributed by atoms with Crippen molar-refractivity contribution in [3.63, 3.8) is 0 Å². The van der Waals surface area contributed by atoms with Gasteiger partial charge in [-0.1, -0.05) is 23.2 Å². The number of hydrogen-bond donors (Lipinski definition) is 6. The van der Waals surface area contributed by atoms with Crippen LogP contribution in [-0.4, -0.2) is 95.4 Å². The summed E-state index contributed by atoms with van der Waals surface area (Å²) in [5, 5.41) is 52.2. The molecule has 2 rings (SSSR count). The molecule has 11 nitrogen and oxygen atoms in total. The van der Waals surface area contributed by atoms with E-state index in [0.29, 0.717) is 49.7 Å². The maximum Gasteiger partial charge on any atom is 0.339 e. The third-order valence-electron chi connectivity index (χ3n) is 3.60. The Morgan fingerprint density at radius 1 is 0.629 bits per heavy atom. The topological polar surface area (TPSA) is 183 Å². The Morgan fingerprint density at radius 3 is 1.20 bits per heavy atom. The van der Waals surface area contributed by atoms with Crippen molar-refractivity contribution in [3.05, 3.63) is 57.6 Å². The Morgan fingerprint density at radius 2 is 0.943 bits per heavy atom. The second-order valence-electron chi connectivity index (χ2n) is 6.22. The summed E-state index contributed by atoms with van der Waals surface area (Å²) in [4.78, 5) is 20.7. The zero-order chi connectivity index (χ0) is 26.6. The van der Waals surface area contributed by atoms with Crippen LogP contribution in [0.15, 0.2) is 36.4 Å².